The number of aryl methyl sites for hydroxylation is 2. The molecular formula is C43H36Br2O. The second-order valence-corrected chi connectivity index (χ2v) is 14.5. The molecule has 0 heterocycles. The number of halogens is 2. The summed E-state index contributed by atoms with van der Waals surface area (Å²) in [4.78, 5) is 16.1. The van der Waals surface area contributed by atoms with Crippen molar-refractivity contribution in [2.75, 3.05) is 0 Å². The van der Waals surface area contributed by atoms with Crippen molar-refractivity contribution in [3.8, 4) is 0 Å². The third-order valence-electron chi connectivity index (χ3n) is 8.96. The Balaban J connectivity index is 1.69. The third kappa shape index (κ3) is 6.07. The number of carbonyl (C=O) groups is 1. The fraction of sp³-hybridized carbons (Fsp3) is 0.140. The molecule has 0 fully saturated rings. The number of Topliss-reactive ketones (excluding diaryl/α,β-unsaturated/α-hetero) is 1. The van der Waals surface area contributed by atoms with Gasteiger partial charge in [-0.3, -0.25) is 4.79 Å². The summed E-state index contributed by atoms with van der Waals surface area (Å²) in [6, 6.07) is 58.3. The Kier molecular flexibility index (Phi) is 9.54. The van der Waals surface area contributed by atoms with Gasteiger partial charge in [-0.15, -0.1) is 0 Å². The average molecular weight is 729 g/mol. The van der Waals surface area contributed by atoms with Crippen molar-refractivity contribution in [1.82, 2.24) is 0 Å². The van der Waals surface area contributed by atoms with E-state index in [2.05, 4.69) is 143 Å². The molecule has 0 saturated heterocycles. The lowest BCUT2D eigenvalue weighted by atomic mass is 9.66. The number of benzene rings is 6. The summed E-state index contributed by atoms with van der Waals surface area (Å²) in [6.07, 6.45) is 0. The Labute approximate surface area is 289 Å². The molecule has 0 bridgehead atoms. The summed E-state index contributed by atoms with van der Waals surface area (Å²) >= 11 is 8.64. The molecule has 0 aliphatic carbocycles. The maximum absolute atomic E-state index is 16.1. The van der Waals surface area contributed by atoms with Gasteiger partial charge in [-0.05, 0) is 47.2 Å². The monoisotopic (exact) mass is 726 g/mol. The third-order valence-corrected chi connectivity index (χ3v) is 11.7. The predicted octanol–water partition coefficient (Wildman–Crippen LogP) is 11.4. The lowest BCUT2D eigenvalue weighted by Crippen LogP contribution is -2.42. The van der Waals surface area contributed by atoms with Gasteiger partial charge in [-0.25, -0.2) is 0 Å². The lowest BCUT2D eigenvalue weighted by molar-refractivity contribution is -0.123. The number of ketones is 1. The van der Waals surface area contributed by atoms with Gasteiger partial charge in [-0.2, -0.15) is 0 Å². The highest BCUT2D eigenvalue weighted by Crippen LogP contribution is 2.57. The van der Waals surface area contributed by atoms with Gasteiger partial charge in [0, 0.05) is 0 Å². The molecule has 46 heavy (non-hydrogen) atoms. The van der Waals surface area contributed by atoms with Crippen molar-refractivity contribution in [2.24, 2.45) is 0 Å². The first-order chi connectivity index (χ1) is 22.3. The Bertz CT molecular complexity index is 1650. The van der Waals surface area contributed by atoms with Gasteiger partial charge in [0.05, 0.1) is 20.5 Å². The van der Waals surface area contributed by atoms with Crippen LogP contribution in [0.15, 0.2) is 170 Å². The SMILES string of the molecule is Cc1ccc(C(C(=O)C(c2ccc(C)cc2)C(Br)(c2ccccc2)c2ccccc2)C(Br)(c2ccccc2)c2ccccc2)cc1. The molecule has 3 heteroatoms. The van der Waals surface area contributed by atoms with E-state index in [4.69, 9.17) is 0 Å². The Hall–Kier alpha value is -4.05. The van der Waals surface area contributed by atoms with Crippen molar-refractivity contribution in [2.45, 2.75) is 34.3 Å². The first-order valence-corrected chi connectivity index (χ1v) is 17.2. The normalized spacial score (nSPS) is 13.1. The summed E-state index contributed by atoms with van der Waals surface area (Å²) in [6.45, 7) is 4.17. The summed E-state index contributed by atoms with van der Waals surface area (Å²) in [5.74, 6) is -1.11. The second-order valence-electron chi connectivity index (χ2n) is 12.0. The Morgan fingerprint density at radius 2 is 0.652 bits per heavy atom. The van der Waals surface area contributed by atoms with Crippen LogP contribution in [-0.4, -0.2) is 5.78 Å². The van der Waals surface area contributed by atoms with Crippen molar-refractivity contribution >= 4 is 37.6 Å². The highest BCUT2D eigenvalue weighted by Gasteiger charge is 2.52. The number of carbonyl (C=O) groups excluding carboxylic acids is 1. The first kappa shape index (κ1) is 31.9. The molecule has 0 radical (unpaired) electrons. The van der Waals surface area contributed by atoms with E-state index in [-0.39, 0.29) is 5.78 Å². The zero-order valence-corrected chi connectivity index (χ0v) is 29.2. The van der Waals surface area contributed by atoms with Crippen LogP contribution < -0.4 is 0 Å². The van der Waals surface area contributed by atoms with E-state index in [0.29, 0.717) is 0 Å². The molecule has 0 N–H and O–H groups in total. The van der Waals surface area contributed by atoms with Gasteiger partial charge >= 0.3 is 0 Å². The maximum atomic E-state index is 16.1. The van der Waals surface area contributed by atoms with Crippen LogP contribution in [0.2, 0.25) is 0 Å². The van der Waals surface area contributed by atoms with Gasteiger partial charge in [-0.1, -0.05) is 213 Å². The molecule has 6 aromatic carbocycles. The molecule has 0 aromatic heterocycles. The lowest BCUT2D eigenvalue weighted by Gasteiger charge is -2.43. The van der Waals surface area contributed by atoms with Crippen molar-refractivity contribution < 1.29 is 4.79 Å². The molecule has 0 aliphatic heterocycles. The van der Waals surface area contributed by atoms with Crippen LogP contribution in [0, 0.1) is 13.8 Å². The number of hydrogen-bond acceptors (Lipinski definition) is 1. The number of alkyl halides is 2. The average Bonchev–Trinajstić information content (AvgIpc) is 3.11. The highest BCUT2D eigenvalue weighted by molar-refractivity contribution is 9.10. The minimum absolute atomic E-state index is 0.0990. The van der Waals surface area contributed by atoms with Gasteiger partial charge in [0.15, 0.2) is 5.78 Å². The zero-order valence-electron chi connectivity index (χ0n) is 26.0. The zero-order chi connectivity index (χ0) is 32.1. The van der Waals surface area contributed by atoms with Crippen LogP contribution in [0.5, 0.6) is 0 Å². The van der Waals surface area contributed by atoms with E-state index in [1.165, 1.54) is 0 Å². The van der Waals surface area contributed by atoms with Crippen molar-refractivity contribution in [3.05, 3.63) is 214 Å². The van der Waals surface area contributed by atoms with E-state index >= 15 is 4.79 Å². The quantitative estimate of drug-likeness (QED) is 0.128. The van der Waals surface area contributed by atoms with E-state index in [1.54, 1.807) is 0 Å². The molecule has 228 valence electrons. The molecule has 0 amide bonds. The van der Waals surface area contributed by atoms with Crippen LogP contribution in [-0.2, 0) is 13.4 Å². The van der Waals surface area contributed by atoms with E-state index in [1.807, 2.05) is 72.8 Å². The minimum atomic E-state index is -0.869. The van der Waals surface area contributed by atoms with Gasteiger partial charge < -0.3 is 0 Å². The summed E-state index contributed by atoms with van der Waals surface area (Å²) in [5, 5.41) is 0. The fourth-order valence-electron chi connectivity index (χ4n) is 6.59. The largest absolute Gasteiger partial charge is 0.298 e. The van der Waals surface area contributed by atoms with Gasteiger partial charge in [0.2, 0.25) is 0 Å². The molecule has 0 saturated carbocycles. The van der Waals surface area contributed by atoms with Crippen molar-refractivity contribution in [3.63, 3.8) is 0 Å². The Morgan fingerprint density at radius 1 is 0.413 bits per heavy atom. The van der Waals surface area contributed by atoms with Crippen LogP contribution in [0.4, 0.5) is 0 Å². The smallest absolute Gasteiger partial charge is 0.151 e. The standard InChI is InChI=1S/C43H36Br2O/c1-31-23-27-33(28-24-31)39(42(44,35-15-7-3-8-16-35)36-17-9-4-10-18-36)41(46)40(34-29-25-32(2)26-30-34)43(45,37-19-11-5-12-20-37)38-21-13-6-14-22-38/h3-30,39-40H,1-2H3. The molecule has 0 spiro atoms. The summed E-state index contributed by atoms with van der Waals surface area (Å²) < 4.78 is -1.74. The van der Waals surface area contributed by atoms with Crippen LogP contribution in [0.25, 0.3) is 0 Å². The first-order valence-electron chi connectivity index (χ1n) is 15.6. The van der Waals surface area contributed by atoms with Gasteiger partial charge in [0.25, 0.3) is 0 Å². The Morgan fingerprint density at radius 3 is 0.891 bits per heavy atom. The maximum Gasteiger partial charge on any atom is 0.151 e. The fourth-order valence-corrected chi connectivity index (χ4v) is 8.62. The molecular weight excluding hydrogens is 692 g/mol. The molecule has 1 nitrogen and oxygen atoms in total. The molecule has 6 rings (SSSR count). The number of hydrogen-bond donors (Lipinski definition) is 0. The topological polar surface area (TPSA) is 17.1 Å². The minimum Gasteiger partial charge on any atom is -0.298 e. The molecule has 2 atom stereocenters. The number of rotatable bonds is 10. The van der Waals surface area contributed by atoms with E-state index in [9.17, 15) is 0 Å². The van der Waals surface area contributed by atoms with E-state index in [0.717, 1.165) is 44.5 Å². The van der Waals surface area contributed by atoms with Gasteiger partial charge in [0.1, 0.15) is 0 Å². The van der Waals surface area contributed by atoms with Crippen molar-refractivity contribution in [1.29, 1.82) is 0 Å². The van der Waals surface area contributed by atoms with Crippen LogP contribution in [0.1, 0.15) is 56.3 Å². The van der Waals surface area contributed by atoms with E-state index < -0.39 is 20.5 Å². The molecule has 6 aromatic rings. The molecule has 0 aliphatic rings. The molecule has 2 unspecified atom stereocenters. The highest BCUT2D eigenvalue weighted by atomic mass is 79.9. The summed E-state index contributed by atoms with van der Waals surface area (Å²) in [5.41, 5.74) is 8.26. The summed E-state index contributed by atoms with van der Waals surface area (Å²) in [7, 11) is 0. The van der Waals surface area contributed by atoms with Crippen LogP contribution in [0.3, 0.4) is 0 Å². The second kappa shape index (κ2) is 13.7. The predicted molar refractivity (Wildman–Crippen MR) is 198 cm³/mol. The van der Waals surface area contributed by atoms with Crippen LogP contribution >= 0.6 is 31.9 Å².